The van der Waals surface area contributed by atoms with Crippen molar-refractivity contribution in [1.29, 1.82) is 0 Å². The van der Waals surface area contributed by atoms with E-state index in [2.05, 4.69) is 12.2 Å². The van der Waals surface area contributed by atoms with Crippen LogP contribution in [0.15, 0.2) is 0 Å². The molecule has 0 saturated carbocycles. The van der Waals surface area contributed by atoms with Gasteiger partial charge in [0, 0.05) is 32.1 Å². The molecule has 0 aliphatic carbocycles. The van der Waals surface area contributed by atoms with Gasteiger partial charge in [0.05, 0.1) is 0 Å². The van der Waals surface area contributed by atoms with Gasteiger partial charge in [-0.3, -0.25) is 4.79 Å². The lowest BCUT2D eigenvalue weighted by Gasteiger charge is -2.35. The van der Waals surface area contributed by atoms with Crippen LogP contribution in [0.4, 0.5) is 0 Å². The van der Waals surface area contributed by atoms with Crippen LogP contribution in [0.25, 0.3) is 0 Å². The van der Waals surface area contributed by atoms with Crippen LogP contribution in [0, 0.1) is 0 Å². The van der Waals surface area contributed by atoms with Gasteiger partial charge >= 0.3 is 0 Å². The molecule has 1 amide bonds. The van der Waals surface area contributed by atoms with Crippen LogP contribution in [-0.2, 0) is 4.79 Å². The number of carbonyl (C=O) groups is 1. The van der Waals surface area contributed by atoms with Crippen molar-refractivity contribution in [2.75, 3.05) is 19.6 Å². The van der Waals surface area contributed by atoms with Gasteiger partial charge in [-0.2, -0.15) is 0 Å². The molecule has 0 aromatic carbocycles. The van der Waals surface area contributed by atoms with Gasteiger partial charge in [0.2, 0.25) is 5.91 Å². The Balaban J connectivity index is 2.52. The fourth-order valence-electron chi connectivity index (χ4n) is 1.66. The molecule has 1 N–H and O–H groups in total. The molecule has 1 unspecified atom stereocenters. The maximum absolute atomic E-state index is 11.4. The summed E-state index contributed by atoms with van der Waals surface area (Å²) < 4.78 is 0. The monoisotopic (exact) mass is 170 g/mol. The molecule has 1 aliphatic rings. The van der Waals surface area contributed by atoms with Crippen LogP contribution < -0.4 is 5.32 Å². The summed E-state index contributed by atoms with van der Waals surface area (Å²) in [7, 11) is 0. The predicted molar refractivity (Wildman–Crippen MR) is 49.0 cm³/mol. The lowest BCUT2D eigenvalue weighted by Crippen LogP contribution is -2.53. The number of piperazine rings is 1. The highest BCUT2D eigenvalue weighted by Gasteiger charge is 2.23. The zero-order valence-corrected chi connectivity index (χ0v) is 7.97. The third-order valence-electron chi connectivity index (χ3n) is 2.44. The zero-order chi connectivity index (χ0) is 8.97. The van der Waals surface area contributed by atoms with Crippen molar-refractivity contribution >= 4 is 5.91 Å². The van der Waals surface area contributed by atoms with Crippen LogP contribution in [0.1, 0.15) is 26.7 Å². The van der Waals surface area contributed by atoms with E-state index in [0.29, 0.717) is 18.4 Å². The highest BCUT2D eigenvalue weighted by atomic mass is 16.2. The second-order valence-corrected chi connectivity index (χ2v) is 3.21. The van der Waals surface area contributed by atoms with Crippen molar-refractivity contribution in [1.82, 2.24) is 10.2 Å². The molecule has 0 radical (unpaired) electrons. The Labute approximate surface area is 74.1 Å². The summed E-state index contributed by atoms with van der Waals surface area (Å²) >= 11 is 0. The van der Waals surface area contributed by atoms with Gasteiger partial charge in [-0.25, -0.2) is 0 Å². The molecule has 3 heteroatoms. The lowest BCUT2D eigenvalue weighted by atomic mass is 10.1. The van der Waals surface area contributed by atoms with E-state index in [9.17, 15) is 4.79 Å². The normalized spacial score (nSPS) is 24.2. The molecule has 12 heavy (non-hydrogen) atoms. The summed E-state index contributed by atoms with van der Waals surface area (Å²) in [4.78, 5) is 13.4. The van der Waals surface area contributed by atoms with E-state index in [-0.39, 0.29) is 0 Å². The molecule has 1 fully saturated rings. The molecule has 1 aliphatic heterocycles. The first-order chi connectivity index (χ1) is 5.79. The summed E-state index contributed by atoms with van der Waals surface area (Å²) in [5.74, 6) is 0.295. The van der Waals surface area contributed by atoms with Crippen molar-refractivity contribution in [3.8, 4) is 0 Å². The average molecular weight is 170 g/mol. The number of rotatable bonds is 2. The lowest BCUT2D eigenvalue weighted by molar-refractivity contribution is -0.134. The van der Waals surface area contributed by atoms with Crippen molar-refractivity contribution < 1.29 is 4.79 Å². The number of nitrogens with one attached hydrogen (secondary N) is 1. The first kappa shape index (κ1) is 9.52. The molecule has 1 atom stereocenters. The molecule has 1 heterocycles. The summed E-state index contributed by atoms with van der Waals surface area (Å²) in [5, 5.41) is 3.30. The van der Waals surface area contributed by atoms with Crippen molar-refractivity contribution in [2.45, 2.75) is 32.7 Å². The third-order valence-corrected chi connectivity index (χ3v) is 2.44. The van der Waals surface area contributed by atoms with Crippen LogP contribution >= 0.6 is 0 Å². The fraction of sp³-hybridized carbons (Fsp3) is 0.889. The number of amides is 1. The quantitative estimate of drug-likeness (QED) is 0.658. The van der Waals surface area contributed by atoms with Crippen LogP contribution in [-0.4, -0.2) is 36.5 Å². The van der Waals surface area contributed by atoms with Gasteiger partial charge in [-0.15, -0.1) is 0 Å². The van der Waals surface area contributed by atoms with E-state index in [4.69, 9.17) is 0 Å². The number of carbonyl (C=O) groups excluding carboxylic acids is 1. The van der Waals surface area contributed by atoms with Gasteiger partial charge in [-0.1, -0.05) is 13.8 Å². The SMILES string of the molecule is CCC(=O)N1CCNCC1CC. The second kappa shape index (κ2) is 4.45. The second-order valence-electron chi connectivity index (χ2n) is 3.21. The molecular weight excluding hydrogens is 152 g/mol. The van der Waals surface area contributed by atoms with E-state index >= 15 is 0 Å². The fourth-order valence-corrected chi connectivity index (χ4v) is 1.66. The summed E-state index contributed by atoms with van der Waals surface area (Å²) in [5.41, 5.74) is 0. The summed E-state index contributed by atoms with van der Waals surface area (Å²) in [6.07, 6.45) is 1.69. The van der Waals surface area contributed by atoms with E-state index in [1.54, 1.807) is 0 Å². The molecule has 0 aromatic rings. The smallest absolute Gasteiger partial charge is 0.222 e. The van der Waals surface area contributed by atoms with E-state index in [0.717, 1.165) is 26.1 Å². The Bertz CT molecular complexity index is 159. The highest BCUT2D eigenvalue weighted by molar-refractivity contribution is 5.76. The summed E-state index contributed by atoms with van der Waals surface area (Å²) in [6, 6.07) is 0.422. The maximum atomic E-state index is 11.4. The van der Waals surface area contributed by atoms with Gasteiger partial charge in [0.15, 0.2) is 0 Å². The largest absolute Gasteiger partial charge is 0.337 e. The van der Waals surface area contributed by atoms with Crippen molar-refractivity contribution in [2.24, 2.45) is 0 Å². The minimum absolute atomic E-state index is 0.295. The Morgan fingerprint density at radius 1 is 1.58 bits per heavy atom. The Kier molecular flexibility index (Phi) is 3.53. The first-order valence-electron chi connectivity index (χ1n) is 4.79. The van der Waals surface area contributed by atoms with Gasteiger partial charge in [-0.05, 0) is 6.42 Å². The number of nitrogens with zero attached hydrogens (tertiary/aromatic N) is 1. The minimum Gasteiger partial charge on any atom is -0.337 e. The van der Waals surface area contributed by atoms with Crippen LogP contribution in [0.3, 0.4) is 0 Å². The van der Waals surface area contributed by atoms with E-state index in [1.165, 1.54) is 0 Å². The topological polar surface area (TPSA) is 32.3 Å². The average Bonchev–Trinajstić information content (AvgIpc) is 2.16. The van der Waals surface area contributed by atoms with Gasteiger partial charge < -0.3 is 10.2 Å². The zero-order valence-electron chi connectivity index (χ0n) is 7.97. The van der Waals surface area contributed by atoms with Crippen LogP contribution in [0.5, 0.6) is 0 Å². The highest BCUT2D eigenvalue weighted by Crippen LogP contribution is 2.08. The minimum atomic E-state index is 0.295. The van der Waals surface area contributed by atoms with E-state index < -0.39 is 0 Å². The molecule has 0 spiro atoms. The molecule has 70 valence electrons. The molecule has 0 aromatic heterocycles. The Morgan fingerprint density at radius 3 is 2.92 bits per heavy atom. The van der Waals surface area contributed by atoms with Gasteiger partial charge in [0.25, 0.3) is 0 Å². The first-order valence-corrected chi connectivity index (χ1v) is 4.79. The standard InChI is InChI=1S/C9H18N2O/c1-3-8-7-10-5-6-11(8)9(12)4-2/h8,10H,3-7H2,1-2H3. The third kappa shape index (κ3) is 1.97. The van der Waals surface area contributed by atoms with Crippen LogP contribution in [0.2, 0.25) is 0 Å². The number of hydrogen-bond acceptors (Lipinski definition) is 2. The molecule has 1 rings (SSSR count). The Morgan fingerprint density at radius 2 is 2.33 bits per heavy atom. The van der Waals surface area contributed by atoms with E-state index in [1.807, 2.05) is 11.8 Å². The number of hydrogen-bond donors (Lipinski definition) is 1. The van der Waals surface area contributed by atoms with Crippen molar-refractivity contribution in [3.05, 3.63) is 0 Å². The molecular formula is C9H18N2O. The molecule has 0 bridgehead atoms. The van der Waals surface area contributed by atoms with Gasteiger partial charge in [0.1, 0.15) is 0 Å². The van der Waals surface area contributed by atoms with Crippen molar-refractivity contribution in [3.63, 3.8) is 0 Å². The molecule has 1 saturated heterocycles. The molecule has 3 nitrogen and oxygen atoms in total. The maximum Gasteiger partial charge on any atom is 0.222 e. The Hall–Kier alpha value is -0.570. The summed E-state index contributed by atoms with van der Waals surface area (Å²) in [6.45, 7) is 6.85. The predicted octanol–water partition coefficient (Wildman–Crippen LogP) is 0.607.